The Kier molecular flexibility index (Phi) is 4.93. The van der Waals surface area contributed by atoms with E-state index in [0.717, 1.165) is 13.0 Å². The fraction of sp³-hybridized carbons (Fsp3) is 1.00. The van der Waals surface area contributed by atoms with E-state index in [-0.39, 0.29) is 26.2 Å². The topological polar surface area (TPSA) is 52.7 Å². The highest BCUT2D eigenvalue weighted by Gasteiger charge is 2.37. The Balaban J connectivity index is 1.89. The van der Waals surface area contributed by atoms with E-state index in [2.05, 4.69) is 5.32 Å². The number of rotatable bonds is 3. The number of alkyl halides is 3. The van der Waals surface area contributed by atoms with Gasteiger partial charge in [-0.25, -0.2) is 8.42 Å². The first-order valence-electron chi connectivity index (χ1n) is 6.78. The van der Waals surface area contributed by atoms with Crippen molar-refractivity contribution in [3.05, 3.63) is 0 Å². The standard InChI is InChI=1S/C11H20F3N3O2S/c12-11(13,14)9-16-4-6-17(7-5-16)20(18,19)10-2-1-3-15-8-10/h10,15H,1-9H2. The second-order valence-corrected chi connectivity index (χ2v) is 7.52. The summed E-state index contributed by atoms with van der Waals surface area (Å²) in [6.45, 7) is 0.865. The fourth-order valence-electron chi connectivity index (χ4n) is 2.68. The summed E-state index contributed by atoms with van der Waals surface area (Å²) in [7, 11) is -3.39. The van der Waals surface area contributed by atoms with Gasteiger partial charge >= 0.3 is 6.18 Å². The lowest BCUT2D eigenvalue weighted by molar-refractivity contribution is -0.148. The van der Waals surface area contributed by atoms with Gasteiger partial charge in [0.15, 0.2) is 0 Å². The summed E-state index contributed by atoms with van der Waals surface area (Å²) in [6.07, 6.45) is -2.79. The third-order valence-corrected chi connectivity index (χ3v) is 6.10. The molecule has 5 nitrogen and oxygen atoms in total. The first-order valence-corrected chi connectivity index (χ1v) is 8.28. The minimum absolute atomic E-state index is 0.138. The van der Waals surface area contributed by atoms with Crippen molar-refractivity contribution < 1.29 is 21.6 Å². The molecule has 0 aromatic heterocycles. The van der Waals surface area contributed by atoms with E-state index < -0.39 is 28.0 Å². The van der Waals surface area contributed by atoms with Crippen LogP contribution in [0.2, 0.25) is 0 Å². The van der Waals surface area contributed by atoms with Gasteiger partial charge in [0.25, 0.3) is 0 Å². The van der Waals surface area contributed by atoms with Crippen LogP contribution >= 0.6 is 0 Å². The zero-order valence-corrected chi connectivity index (χ0v) is 12.0. The Morgan fingerprint density at radius 3 is 2.30 bits per heavy atom. The molecule has 0 radical (unpaired) electrons. The minimum atomic E-state index is -4.23. The lowest BCUT2D eigenvalue weighted by Gasteiger charge is -2.36. The number of piperidine rings is 1. The minimum Gasteiger partial charge on any atom is -0.315 e. The van der Waals surface area contributed by atoms with Gasteiger partial charge in [0, 0.05) is 32.7 Å². The van der Waals surface area contributed by atoms with Crippen molar-refractivity contribution in [1.29, 1.82) is 0 Å². The highest BCUT2D eigenvalue weighted by molar-refractivity contribution is 7.89. The van der Waals surface area contributed by atoms with Gasteiger partial charge in [0.1, 0.15) is 0 Å². The van der Waals surface area contributed by atoms with Crippen molar-refractivity contribution >= 4 is 10.0 Å². The maximum Gasteiger partial charge on any atom is 0.401 e. The molecule has 0 amide bonds. The molecule has 1 N–H and O–H groups in total. The summed E-state index contributed by atoms with van der Waals surface area (Å²) < 4.78 is 62.9. The van der Waals surface area contributed by atoms with E-state index in [1.165, 1.54) is 9.21 Å². The summed E-state index contributed by atoms with van der Waals surface area (Å²) in [5.74, 6) is 0. The number of sulfonamides is 1. The highest BCUT2D eigenvalue weighted by Crippen LogP contribution is 2.21. The first kappa shape index (κ1) is 16.0. The smallest absolute Gasteiger partial charge is 0.315 e. The predicted molar refractivity (Wildman–Crippen MR) is 68.9 cm³/mol. The van der Waals surface area contributed by atoms with Crippen LogP contribution in [0.1, 0.15) is 12.8 Å². The Morgan fingerprint density at radius 1 is 1.15 bits per heavy atom. The molecule has 20 heavy (non-hydrogen) atoms. The van der Waals surface area contributed by atoms with Gasteiger partial charge in [-0.2, -0.15) is 17.5 Å². The molecule has 1 atom stereocenters. The van der Waals surface area contributed by atoms with Crippen molar-refractivity contribution in [2.24, 2.45) is 0 Å². The van der Waals surface area contributed by atoms with Gasteiger partial charge in [-0.15, -0.1) is 0 Å². The van der Waals surface area contributed by atoms with Crippen molar-refractivity contribution in [2.45, 2.75) is 24.3 Å². The van der Waals surface area contributed by atoms with Crippen molar-refractivity contribution in [2.75, 3.05) is 45.8 Å². The van der Waals surface area contributed by atoms with Crippen LogP contribution in [-0.2, 0) is 10.0 Å². The van der Waals surface area contributed by atoms with Crippen molar-refractivity contribution in [3.8, 4) is 0 Å². The molecule has 2 rings (SSSR count). The molecule has 1 unspecified atom stereocenters. The first-order chi connectivity index (χ1) is 9.29. The average Bonchev–Trinajstić information content (AvgIpc) is 2.38. The number of halogens is 3. The quantitative estimate of drug-likeness (QED) is 0.811. The van der Waals surface area contributed by atoms with Gasteiger partial charge in [-0.1, -0.05) is 0 Å². The van der Waals surface area contributed by atoms with E-state index in [0.29, 0.717) is 13.0 Å². The van der Waals surface area contributed by atoms with Crippen LogP contribution in [0.4, 0.5) is 13.2 Å². The van der Waals surface area contributed by atoms with Crippen molar-refractivity contribution in [1.82, 2.24) is 14.5 Å². The summed E-state index contributed by atoms with van der Waals surface area (Å²) in [5.41, 5.74) is 0. The maximum atomic E-state index is 12.4. The van der Waals surface area contributed by atoms with Gasteiger partial charge < -0.3 is 5.32 Å². The fourth-order valence-corrected chi connectivity index (χ4v) is 4.57. The van der Waals surface area contributed by atoms with E-state index in [1.54, 1.807) is 0 Å². The highest BCUT2D eigenvalue weighted by atomic mass is 32.2. The largest absolute Gasteiger partial charge is 0.401 e. The molecule has 2 fully saturated rings. The summed E-state index contributed by atoms with van der Waals surface area (Å²) in [6, 6.07) is 0. The maximum absolute atomic E-state index is 12.4. The molecule has 2 saturated heterocycles. The molecule has 2 aliphatic heterocycles. The molecule has 0 saturated carbocycles. The van der Waals surface area contributed by atoms with Gasteiger partial charge in [-0.05, 0) is 19.4 Å². The Bertz CT molecular complexity index is 413. The van der Waals surface area contributed by atoms with Gasteiger partial charge in [0.05, 0.1) is 11.8 Å². The molecule has 118 valence electrons. The zero-order valence-electron chi connectivity index (χ0n) is 11.2. The number of hydrogen-bond acceptors (Lipinski definition) is 4. The second-order valence-electron chi connectivity index (χ2n) is 5.30. The third kappa shape index (κ3) is 4.06. The third-order valence-electron chi connectivity index (χ3n) is 3.77. The van der Waals surface area contributed by atoms with Crippen LogP contribution in [0.15, 0.2) is 0 Å². The summed E-state index contributed by atoms with van der Waals surface area (Å²) in [5, 5.41) is 2.62. The molecule has 2 heterocycles. The Labute approximate surface area is 117 Å². The SMILES string of the molecule is O=S(=O)(C1CCCNC1)N1CCN(CC(F)(F)F)CC1. The van der Waals surface area contributed by atoms with Gasteiger partial charge in [0.2, 0.25) is 10.0 Å². The summed E-state index contributed by atoms with van der Waals surface area (Å²) >= 11 is 0. The molecule has 0 aromatic rings. The number of hydrogen-bond donors (Lipinski definition) is 1. The predicted octanol–water partition coefficient (Wildman–Crippen LogP) is 0.248. The van der Waals surface area contributed by atoms with Crippen LogP contribution in [0.5, 0.6) is 0 Å². The van der Waals surface area contributed by atoms with E-state index in [9.17, 15) is 21.6 Å². The molecule has 0 aromatic carbocycles. The molecule has 0 spiro atoms. The molecule has 0 aliphatic carbocycles. The number of nitrogens with zero attached hydrogens (tertiary/aromatic N) is 2. The molecular formula is C11H20F3N3O2S. The van der Waals surface area contributed by atoms with E-state index in [1.807, 2.05) is 0 Å². The zero-order chi connectivity index (χ0) is 14.8. The van der Waals surface area contributed by atoms with Gasteiger partial charge in [-0.3, -0.25) is 4.90 Å². The number of nitrogens with one attached hydrogen (secondary N) is 1. The summed E-state index contributed by atoms with van der Waals surface area (Å²) in [4.78, 5) is 1.26. The molecule has 2 aliphatic rings. The number of piperazine rings is 1. The van der Waals surface area contributed by atoms with Crippen LogP contribution in [0.25, 0.3) is 0 Å². The average molecular weight is 315 g/mol. The second kappa shape index (κ2) is 6.17. The molecule has 0 bridgehead atoms. The van der Waals surface area contributed by atoms with Crippen LogP contribution in [0.3, 0.4) is 0 Å². The lowest BCUT2D eigenvalue weighted by atomic mass is 10.2. The van der Waals surface area contributed by atoms with Crippen molar-refractivity contribution in [3.63, 3.8) is 0 Å². The van der Waals surface area contributed by atoms with E-state index in [4.69, 9.17) is 0 Å². The van der Waals surface area contributed by atoms with Crippen LogP contribution in [0, 0.1) is 0 Å². The Hall–Kier alpha value is -0.380. The van der Waals surface area contributed by atoms with Crippen LogP contribution in [-0.4, -0.2) is 74.9 Å². The van der Waals surface area contributed by atoms with E-state index >= 15 is 0 Å². The monoisotopic (exact) mass is 315 g/mol. The van der Waals surface area contributed by atoms with Crippen LogP contribution < -0.4 is 5.32 Å². The normalized spacial score (nSPS) is 27.6. The molecule has 9 heteroatoms. The molecular weight excluding hydrogens is 295 g/mol. The Morgan fingerprint density at radius 2 is 1.80 bits per heavy atom. The lowest BCUT2D eigenvalue weighted by Crippen LogP contribution is -2.54.